The van der Waals surface area contributed by atoms with Gasteiger partial charge in [0.15, 0.2) is 0 Å². The van der Waals surface area contributed by atoms with Crippen molar-refractivity contribution in [2.24, 2.45) is 5.92 Å². The van der Waals surface area contributed by atoms with E-state index in [2.05, 4.69) is 14.8 Å². The van der Waals surface area contributed by atoms with Gasteiger partial charge in [0.25, 0.3) is 10.0 Å². The minimum atomic E-state index is -4.18. The third-order valence-corrected chi connectivity index (χ3v) is 7.21. The van der Waals surface area contributed by atoms with E-state index >= 15 is 0 Å². The Morgan fingerprint density at radius 2 is 1.70 bits per heavy atom. The number of halogens is 1. The summed E-state index contributed by atoms with van der Waals surface area (Å²) in [4.78, 5) is 32.6. The van der Waals surface area contributed by atoms with Gasteiger partial charge in [0.05, 0.1) is 18.1 Å². The Hall–Kier alpha value is -4.28. The van der Waals surface area contributed by atoms with Gasteiger partial charge in [0.1, 0.15) is 11.1 Å². The van der Waals surface area contributed by atoms with E-state index in [1.54, 1.807) is 84.8 Å². The second kappa shape index (κ2) is 13.2. The predicted octanol–water partition coefficient (Wildman–Crippen LogP) is 4.31. The van der Waals surface area contributed by atoms with Gasteiger partial charge in [-0.05, 0) is 54.3 Å². The van der Waals surface area contributed by atoms with Crippen LogP contribution in [0.3, 0.4) is 0 Å². The first-order chi connectivity index (χ1) is 19.2. The fourth-order valence-electron chi connectivity index (χ4n) is 4.05. The normalized spacial score (nSPS) is 12.2. The van der Waals surface area contributed by atoms with Crippen LogP contribution in [0.4, 0.5) is 5.69 Å². The summed E-state index contributed by atoms with van der Waals surface area (Å²) < 4.78 is 29.2. The molecule has 1 atom stereocenters. The number of aromatic nitrogens is 3. The molecule has 206 valence electrons. The van der Waals surface area contributed by atoms with Crippen molar-refractivity contribution in [2.45, 2.75) is 19.9 Å². The molecule has 1 unspecified atom stereocenters. The van der Waals surface area contributed by atoms with Crippen LogP contribution in [-0.2, 0) is 32.6 Å². The smallest absolute Gasteiger partial charge is 0.257 e. The molecule has 0 aliphatic rings. The summed E-state index contributed by atoms with van der Waals surface area (Å²) in [7, 11) is -4.18. The van der Waals surface area contributed by atoms with Gasteiger partial charge in [0, 0.05) is 24.6 Å². The number of hydrogen-bond donors (Lipinski definition) is 1. The highest BCUT2D eigenvalue weighted by Crippen LogP contribution is 2.20. The summed E-state index contributed by atoms with van der Waals surface area (Å²) in [5, 5.41) is 5.63. The zero-order valence-corrected chi connectivity index (χ0v) is 23.3. The van der Waals surface area contributed by atoms with Crippen LogP contribution in [0.1, 0.15) is 23.6 Å². The maximum Gasteiger partial charge on any atom is 0.257 e. The topological polar surface area (TPSA) is 114 Å². The fourth-order valence-corrected chi connectivity index (χ4v) is 4.99. The molecule has 0 bridgehead atoms. The number of nitrogens with one attached hydrogen (secondary N) is 1. The number of sulfonamides is 1. The molecule has 0 fully saturated rings. The van der Waals surface area contributed by atoms with E-state index in [0.717, 1.165) is 11.0 Å². The summed E-state index contributed by atoms with van der Waals surface area (Å²) in [5.74, 6) is -2.77. The van der Waals surface area contributed by atoms with Crippen LogP contribution in [0.15, 0.2) is 96.8 Å². The minimum Gasteiger partial charge on any atom is -0.312 e. The third-order valence-electron chi connectivity index (χ3n) is 6.01. The molecule has 4 rings (SSSR count). The van der Waals surface area contributed by atoms with Crippen molar-refractivity contribution in [3.8, 4) is 0 Å². The van der Waals surface area contributed by atoms with Gasteiger partial charge in [-0.15, -0.1) is 0 Å². The maximum atomic E-state index is 13.7. The molecular weight excluding hydrogens is 550 g/mol. The number of nitrogens with zero attached hydrogens (tertiary/aromatic N) is 4. The quantitative estimate of drug-likeness (QED) is 0.210. The average molecular weight is 578 g/mol. The molecule has 9 nitrogen and oxygen atoms in total. The van der Waals surface area contributed by atoms with E-state index in [0.29, 0.717) is 28.5 Å². The number of para-hydroxylation sites is 1. The number of rotatable bonds is 11. The van der Waals surface area contributed by atoms with Gasteiger partial charge in [-0.25, -0.2) is 18.1 Å². The molecule has 0 saturated carbocycles. The summed E-state index contributed by atoms with van der Waals surface area (Å²) >= 11 is 5.86. The van der Waals surface area contributed by atoms with E-state index in [-0.39, 0.29) is 13.0 Å². The van der Waals surface area contributed by atoms with Crippen LogP contribution < -0.4 is 9.62 Å². The summed E-state index contributed by atoms with van der Waals surface area (Å²) in [6.45, 7) is 2.48. The van der Waals surface area contributed by atoms with Crippen molar-refractivity contribution >= 4 is 45.2 Å². The SMILES string of the molecule is CCN(C(=O)C(Cc1cnn(Cc2ccc(Cl)nc2)c1)C(=O)NS(=O)(=O)/C=C/c1ccccc1)c1ccccc1. The average Bonchev–Trinajstić information content (AvgIpc) is 3.40. The van der Waals surface area contributed by atoms with Gasteiger partial charge in [0.2, 0.25) is 11.8 Å². The largest absolute Gasteiger partial charge is 0.312 e. The maximum absolute atomic E-state index is 13.7. The lowest BCUT2D eigenvalue weighted by atomic mass is 9.99. The number of carbonyl (C=O) groups is 2. The number of pyridine rings is 1. The van der Waals surface area contributed by atoms with E-state index in [1.807, 2.05) is 18.2 Å². The second-order valence-electron chi connectivity index (χ2n) is 8.93. The molecule has 0 saturated heterocycles. The van der Waals surface area contributed by atoms with Crippen LogP contribution in [0.2, 0.25) is 5.15 Å². The molecule has 40 heavy (non-hydrogen) atoms. The molecule has 0 aliphatic heterocycles. The number of carbonyl (C=O) groups excluding carboxylic acids is 2. The lowest BCUT2D eigenvalue weighted by Gasteiger charge is -2.25. The molecular formula is C29H28ClN5O4S. The number of benzene rings is 2. The van der Waals surface area contributed by atoms with Gasteiger partial charge in [-0.2, -0.15) is 5.10 Å². The Balaban J connectivity index is 1.57. The van der Waals surface area contributed by atoms with Crippen molar-refractivity contribution in [3.05, 3.63) is 119 Å². The van der Waals surface area contributed by atoms with Gasteiger partial charge in [-0.1, -0.05) is 66.2 Å². The van der Waals surface area contributed by atoms with Gasteiger partial charge in [-0.3, -0.25) is 14.3 Å². The van der Waals surface area contributed by atoms with E-state index in [9.17, 15) is 18.0 Å². The van der Waals surface area contributed by atoms with Crippen LogP contribution >= 0.6 is 11.6 Å². The number of anilines is 1. The molecule has 2 aromatic carbocycles. The summed E-state index contributed by atoms with van der Waals surface area (Å²) in [6, 6.07) is 21.2. The Morgan fingerprint density at radius 1 is 1.00 bits per heavy atom. The molecule has 2 heterocycles. The summed E-state index contributed by atoms with van der Waals surface area (Å²) in [5.41, 5.74) is 2.71. The molecule has 4 aromatic rings. The first-order valence-electron chi connectivity index (χ1n) is 12.5. The first kappa shape index (κ1) is 28.7. The number of hydrogen-bond acceptors (Lipinski definition) is 6. The van der Waals surface area contributed by atoms with Crippen molar-refractivity contribution in [3.63, 3.8) is 0 Å². The highest BCUT2D eigenvalue weighted by molar-refractivity contribution is 7.93. The highest BCUT2D eigenvalue weighted by Gasteiger charge is 2.33. The predicted molar refractivity (Wildman–Crippen MR) is 155 cm³/mol. The minimum absolute atomic E-state index is 0.0508. The van der Waals surface area contributed by atoms with E-state index in [1.165, 1.54) is 11.0 Å². The van der Waals surface area contributed by atoms with Crippen molar-refractivity contribution < 1.29 is 18.0 Å². The second-order valence-corrected chi connectivity index (χ2v) is 10.9. The summed E-state index contributed by atoms with van der Waals surface area (Å²) in [6.07, 6.45) is 6.23. The zero-order chi connectivity index (χ0) is 28.5. The molecule has 0 radical (unpaired) electrons. The van der Waals surface area contributed by atoms with Crippen LogP contribution in [-0.4, -0.2) is 41.5 Å². The molecule has 11 heteroatoms. The van der Waals surface area contributed by atoms with E-state index in [4.69, 9.17) is 11.6 Å². The highest BCUT2D eigenvalue weighted by atomic mass is 35.5. The van der Waals surface area contributed by atoms with Crippen LogP contribution in [0.25, 0.3) is 6.08 Å². The third kappa shape index (κ3) is 7.87. The molecule has 0 spiro atoms. The monoisotopic (exact) mass is 577 g/mol. The van der Waals surface area contributed by atoms with E-state index < -0.39 is 27.8 Å². The van der Waals surface area contributed by atoms with Crippen molar-refractivity contribution in [1.29, 1.82) is 0 Å². The Morgan fingerprint density at radius 3 is 2.35 bits per heavy atom. The first-order valence-corrected chi connectivity index (χ1v) is 14.4. The van der Waals surface area contributed by atoms with Gasteiger partial charge < -0.3 is 4.90 Å². The fraction of sp³-hybridized carbons (Fsp3) is 0.172. The lowest BCUT2D eigenvalue weighted by molar-refractivity contribution is -0.132. The molecule has 2 aromatic heterocycles. The zero-order valence-electron chi connectivity index (χ0n) is 21.7. The molecule has 0 aliphatic carbocycles. The number of amides is 2. The van der Waals surface area contributed by atoms with Crippen molar-refractivity contribution in [2.75, 3.05) is 11.4 Å². The Bertz CT molecular complexity index is 1570. The van der Waals surface area contributed by atoms with Crippen LogP contribution in [0, 0.1) is 5.92 Å². The lowest BCUT2D eigenvalue weighted by Crippen LogP contribution is -2.46. The molecule has 1 N–H and O–H groups in total. The van der Waals surface area contributed by atoms with Crippen molar-refractivity contribution in [1.82, 2.24) is 19.5 Å². The standard InChI is InChI=1S/C29H28ClN5O4S/c1-2-35(25-11-7-4-8-12-25)29(37)26(28(36)33-40(38,39)16-15-22-9-5-3-6-10-22)17-24-19-32-34(21-24)20-23-13-14-27(30)31-18-23/h3-16,18-19,21,26H,2,17,20H2,1H3,(H,33,36)/b16-15+. The molecule has 2 amide bonds. The Kier molecular flexibility index (Phi) is 9.47. The van der Waals surface area contributed by atoms with Crippen LogP contribution in [0.5, 0.6) is 0 Å². The Labute approximate surface area is 238 Å². The van der Waals surface area contributed by atoms with Gasteiger partial charge >= 0.3 is 0 Å².